The average molecular weight is 653 g/mol. The Labute approximate surface area is 285 Å². The van der Waals surface area contributed by atoms with Gasteiger partial charge in [-0.05, 0) is 95.0 Å². The molecular formula is C41H64O6. The van der Waals surface area contributed by atoms with Crippen LogP contribution in [0.1, 0.15) is 134 Å². The number of aliphatic hydroxyl groups is 2. The first-order valence-corrected chi connectivity index (χ1v) is 18.5. The van der Waals surface area contributed by atoms with Crippen LogP contribution in [-0.4, -0.2) is 47.6 Å². The van der Waals surface area contributed by atoms with Gasteiger partial charge in [0.2, 0.25) is 0 Å². The highest BCUT2D eigenvalue weighted by Crippen LogP contribution is 2.41. The van der Waals surface area contributed by atoms with Gasteiger partial charge in [0, 0.05) is 24.3 Å². The zero-order valence-corrected chi connectivity index (χ0v) is 29.5. The van der Waals surface area contributed by atoms with E-state index in [4.69, 9.17) is 9.47 Å². The third-order valence-corrected chi connectivity index (χ3v) is 9.57. The predicted molar refractivity (Wildman–Crippen MR) is 192 cm³/mol. The lowest BCUT2D eigenvalue weighted by atomic mass is 9.85. The molecule has 0 bridgehead atoms. The molecule has 264 valence electrons. The van der Waals surface area contributed by atoms with E-state index in [1.807, 2.05) is 24.3 Å². The number of aliphatic hydroxyl groups excluding tert-OH is 2. The molecular weight excluding hydrogens is 588 g/mol. The maximum atomic E-state index is 13.7. The zero-order valence-electron chi connectivity index (χ0n) is 29.5. The summed E-state index contributed by atoms with van der Waals surface area (Å²) in [5, 5.41) is 22.1. The largest absolute Gasteiger partial charge is 0.469 e. The van der Waals surface area contributed by atoms with E-state index in [0.717, 1.165) is 69.8 Å². The van der Waals surface area contributed by atoms with Crippen LogP contribution in [0.5, 0.6) is 0 Å². The number of esters is 2. The fraction of sp³-hybridized carbons (Fsp3) is 0.659. The van der Waals surface area contributed by atoms with Crippen molar-refractivity contribution in [2.45, 2.75) is 154 Å². The molecule has 0 heterocycles. The fourth-order valence-corrected chi connectivity index (χ4v) is 6.67. The number of carbonyl (C=O) groups is 2. The van der Waals surface area contributed by atoms with Crippen LogP contribution >= 0.6 is 0 Å². The number of rotatable bonds is 26. The van der Waals surface area contributed by atoms with Gasteiger partial charge in [0.15, 0.2) is 0 Å². The summed E-state index contributed by atoms with van der Waals surface area (Å²) in [7, 11) is 1.40. The van der Waals surface area contributed by atoms with Crippen molar-refractivity contribution in [3.63, 3.8) is 0 Å². The molecule has 2 rings (SSSR count). The lowest BCUT2D eigenvalue weighted by molar-refractivity contribution is -0.147. The van der Waals surface area contributed by atoms with E-state index in [0.29, 0.717) is 38.5 Å². The molecule has 47 heavy (non-hydrogen) atoms. The molecule has 6 nitrogen and oxygen atoms in total. The highest BCUT2D eigenvalue weighted by atomic mass is 16.5. The van der Waals surface area contributed by atoms with E-state index in [9.17, 15) is 19.8 Å². The quantitative estimate of drug-likeness (QED) is 0.0448. The van der Waals surface area contributed by atoms with Gasteiger partial charge < -0.3 is 19.7 Å². The summed E-state index contributed by atoms with van der Waals surface area (Å²) in [5.74, 6) is -0.547. The highest BCUT2D eigenvalue weighted by molar-refractivity contribution is 5.88. The SMILES string of the molecule is C=CCCCC/C=C(/CCCCCCCC)C(=O)O[C@@H]1C[C@H](O)[C@H](C/C=C\CCCC(=O)OC)[C@H]1CC[C@@H](O)CCc1ccccc1. The summed E-state index contributed by atoms with van der Waals surface area (Å²) in [6, 6.07) is 10.2. The molecule has 0 unspecified atom stereocenters. The van der Waals surface area contributed by atoms with Gasteiger partial charge in [0.1, 0.15) is 6.10 Å². The van der Waals surface area contributed by atoms with E-state index in [2.05, 4.69) is 43.9 Å². The van der Waals surface area contributed by atoms with Crippen molar-refractivity contribution in [2.75, 3.05) is 7.11 Å². The molecule has 0 radical (unpaired) electrons. The van der Waals surface area contributed by atoms with Crippen molar-refractivity contribution < 1.29 is 29.3 Å². The lowest BCUT2D eigenvalue weighted by Crippen LogP contribution is -2.27. The maximum absolute atomic E-state index is 13.7. The van der Waals surface area contributed by atoms with Crippen LogP contribution in [0.15, 0.2) is 66.8 Å². The van der Waals surface area contributed by atoms with E-state index in [1.165, 1.54) is 38.4 Å². The first kappa shape index (κ1) is 40.5. The minimum absolute atomic E-state index is 0.0390. The maximum Gasteiger partial charge on any atom is 0.333 e. The van der Waals surface area contributed by atoms with E-state index >= 15 is 0 Å². The van der Waals surface area contributed by atoms with Gasteiger partial charge in [-0.1, -0.05) is 93.7 Å². The van der Waals surface area contributed by atoms with Gasteiger partial charge in [-0.15, -0.1) is 6.58 Å². The molecule has 1 saturated carbocycles. The molecule has 1 aliphatic rings. The number of ether oxygens (including phenoxy) is 2. The first-order valence-electron chi connectivity index (χ1n) is 18.5. The minimum atomic E-state index is -0.580. The Bertz CT molecular complexity index is 1050. The molecule has 1 aromatic rings. The molecule has 1 aromatic carbocycles. The van der Waals surface area contributed by atoms with E-state index in [-0.39, 0.29) is 29.9 Å². The third-order valence-electron chi connectivity index (χ3n) is 9.57. The van der Waals surface area contributed by atoms with Crippen molar-refractivity contribution in [2.24, 2.45) is 11.8 Å². The third kappa shape index (κ3) is 17.3. The van der Waals surface area contributed by atoms with Crippen molar-refractivity contribution >= 4 is 11.9 Å². The smallest absolute Gasteiger partial charge is 0.333 e. The summed E-state index contributed by atoms with van der Waals surface area (Å²) in [6.45, 7) is 6.03. The van der Waals surface area contributed by atoms with Crippen LogP contribution in [0.25, 0.3) is 0 Å². The Hall–Kier alpha value is -2.70. The number of allylic oxidation sites excluding steroid dienone is 4. The topological polar surface area (TPSA) is 93.1 Å². The summed E-state index contributed by atoms with van der Waals surface area (Å²) >= 11 is 0. The molecule has 1 fully saturated rings. The Morgan fingerprint density at radius 3 is 2.40 bits per heavy atom. The normalized spacial score (nSPS) is 20.4. The van der Waals surface area contributed by atoms with Crippen LogP contribution < -0.4 is 0 Å². The Balaban J connectivity index is 2.08. The second-order valence-corrected chi connectivity index (χ2v) is 13.3. The number of hydrogen-bond acceptors (Lipinski definition) is 6. The summed E-state index contributed by atoms with van der Waals surface area (Å²) in [6.07, 6.45) is 24.1. The second-order valence-electron chi connectivity index (χ2n) is 13.3. The Morgan fingerprint density at radius 1 is 0.915 bits per heavy atom. The standard InChI is InChI=1S/C41H64O6/c1-4-6-8-10-12-19-25-34(24-18-11-9-7-5-2)41(45)47-39-32-38(43)36(26-20-13-14-21-27-40(44)46-3)37(39)31-30-35(42)29-28-33-22-16-15-17-23-33/h5,13,15-17,20,22-24,35-39,42-43H,2,4,6-12,14,18-19,21,25-32H2,1,3H3/b20-13-,34-24-/t35-,36+,37+,38-,39+/m0/s1. The summed E-state index contributed by atoms with van der Waals surface area (Å²) < 4.78 is 11.0. The van der Waals surface area contributed by atoms with Crippen molar-refractivity contribution in [3.05, 3.63) is 72.4 Å². The van der Waals surface area contributed by atoms with Crippen LogP contribution in [0, 0.1) is 11.8 Å². The van der Waals surface area contributed by atoms with Crippen LogP contribution in [0.4, 0.5) is 0 Å². The molecule has 2 N–H and O–H groups in total. The molecule has 1 aliphatic carbocycles. The molecule has 0 aromatic heterocycles. The van der Waals surface area contributed by atoms with Crippen molar-refractivity contribution in [1.82, 2.24) is 0 Å². The highest BCUT2D eigenvalue weighted by Gasteiger charge is 2.44. The molecule has 0 saturated heterocycles. The van der Waals surface area contributed by atoms with Crippen LogP contribution in [0.3, 0.4) is 0 Å². The zero-order chi connectivity index (χ0) is 34.1. The summed E-state index contributed by atoms with van der Waals surface area (Å²) in [4.78, 5) is 25.1. The number of carbonyl (C=O) groups excluding carboxylic acids is 2. The van der Waals surface area contributed by atoms with E-state index < -0.39 is 12.2 Å². The fourth-order valence-electron chi connectivity index (χ4n) is 6.67. The van der Waals surface area contributed by atoms with Crippen molar-refractivity contribution in [1.29, 1.82) is 0 Å². The number of methoxy groups -OCH3 is 1. The minimum Gasteiger partial charge on any atom is -0.469 e. The molecule has 0 spiro atoms. The lowest BCUT2D eigenvalue weighted by Gasteiger charge is -2.26. The number of benzene rings is 1. The Morgan fingerprint density at radius 2 is 1.66 bits per heavy atom. The van der Waals surface area contributed by atoms with Crippen LogP contribution in [0.2, 0.25) is 0 Å². The van der Waals surface area contributed by atoms with Gasteiger partial charge in [-0.25, -0.2) is 4.79 Å². The molecule has 6 heteroatoms. The molecule has 0 aliphatic heterocycles. The predicted octanol–water partition coefficient (Wildman–Crippen LogP) is 9.38. The number of hydrogen-bond donors (Lipinski definition) is 2. The summed E-state index contributed by atoms with van der Waals surface area (Å²) in [5.41, 5.74) is 1.98. The Kier molecular flexibility index (Phi) is 21.8. The number of aryl methyl sites for hydroxylation is 1. The first-order chi connectivity index (χ1) is 22.9. The van der Waals surface area contributed by atoms with Gasteiger partial charge in [-0.2, -0.15) is 0 Å². The second kappa shape index (κ2) is 25.3. The average Bonchev–Trinajstić information content (AvgIpc) is 3.37. The monoisotopic (exact) mass is 652 g/mol. The molecule has 5 atom stereocenters. The van der Waals surface area contributed by atoms with Gasteiger partial charge in [0.25, 0.3) is 0 Å². The van der Waals surface area contributed by atoms with Gasteiger partial charge in [0.05, 0.1) is 19.3 Å². The van der Waals surface area contributed by atoms with Gasteiger partial charge >= 0.3 is 11.9 Å². The van der Waals surface area contributed by atoms with Crippen molar-refractivity contribution in [3.8, 4) is 0 Å². The van der Waals surface area contributed by atoms with E-state index in [1.54, 1.807) is 0 Å². The van der Waals surface area contributed by atoms with Crippen LogP contribution in [-0.2, 0) is 25.5 Å². The van der Waals surface area contributed by atoms with Gasteiger partial charge in [-0.3, -0.25) is 4.79 Å². The molecule has 0 amide bonds. The number of unbranched alkanes of at least 4 members (excludes halogenated alkanes) is 9.